The third kappa shape index (κ3) is 3.26. The Hall–Kier alpha value is -3.81. The number of anilines is 3. The molecule has 30 heavy (non-hydrogen) atoms. The number of nitrogens with one attached hydrogen (secondary N) is 1. The molecule has 5 rings (SSSR count). The number of nitrogens with zero attached hydrogens (tertiary/aromatic N) is 6. The lowest BCUT2D eigenvalue weighted by atomic mass is 10.0. The number of aryl methyl sites for hydroxylation is 3. The van der Waals surface area contributed by atoms with Crippen molar-refractivity contribution in [1.82, 2.24) is 24.6 Å². The standard InChI is InChI=1S/C22H21N7O/c1-14-9-20-24-7-4-21(30)29(20)27-22(14)28-8-5-19-16(13-28)10-17(12-25-19)26-18-3-6-23-11-15(18)2/h3-4,6-7,9-12H,5,8,13H2,1-2H3,(H,23,26)/i8D2,13D2. The van der Waals surface area contributed by atoms with Crippen LogP contribution < -0.4 is 15.8 Å². The number of rotatable bonds is 3. The van der Waals surface area contributed by atoms with Crippen molar-refractivity contribution < 1.29 is 5.48 Å². The molecule has 1 N–H and O–H groups in total. The molecule has 0 spiro atoms. The topological polar surface area (TPSA) is 88.3 Å². The molecule has 0 saturated carbocycles. The van der Waals surface area contributed by atoms with Gasteiger partial charge in [-0.15, -0.1) is 5.10 Å². The van der Waals surface area contributed by atoms with Gasteiger partial charge in [-0.2, -0.15) is 4.52 Å². The predicted molar refractivity (Wildman–Crippen MR) is 115 cm³/mol. The Bertz CT molecular complexity index is 1490. The van der Waals surface area contributed by atoms with Crippen molar-refractivity contribution in [2.24, 2.45) is 0 Å². The van der Waals surface area contributed by atoms with Crippen LogP contribution in [0.2, 0.25) is 0 Å². The summed E-state index contributed by atoms with van der Waals surface area (Å²) >= 11 is 0. The van der Waals surface area contributed by atoms with E-state index in [0.29, 0.717) is 22.6 Å². The van der Waals surface area contributed by atoms with E-state index in [1.165, 1.54) is 12.3 Å². The summed E-state index contributed by atoms with van der Waals surface area (Å²) in [7, 11) is 0. The number of hydrogen-bond acceptors (Lipinski definition) is 7. The highest BCUT2D eigenvalue weighted by Gasteiger charge is 2.21. The molecule has 0 aromatic carbocycles. The molecular formula is C22H21N7O. The van der Waals surface area contributed by atoms with Crippen molar-refractivity contribution in [2.45, 2.75) is 26.8 Å². The van der Waals surface area contributed by atoms with Crippen LogP contribution >= 0.6 is 0 Å². The maximum Gasteiger partial charge on any atom is 0.274 e. The highest BCUT2D eigenvalue weighted by atomic mass is 16.1. The predicted octanol–water partition coefficient (Wildman–Crippen LogP) is 2.80. The van der Waals surface area contributed by atoms with Crippen molar-refractivity contribution in [3.63, 3.8) is 0 Å². The normalized spacial score (nSPS) is 18.7. The molecule has 0 saturated heterocycles. The first-order chi connectivity index (χ1) is 16.1. The second-order valence-electron chi connectivity index (χ2n) is 7.02. The van der Waals surface area contributed by atoms with Crippen molar-refractivity contribution in [2.75, 3.05) is 16.7 Å². The number of fused-ring (bicyclic) bond motifs is 2. The van der Waals surface area contributed by atoms with Gasteiger partial charge in [0.1, 0.15) is 0 Å². The van der Waals surface area contributed by atoms with E-state index in [2.05, 4.69) is 25.4 Å². The molecular weight excluding hydrogens is 378 g/mol. The molecule has 1 aliphatic heterocycles. The monoisotopic (exact) mass is 403 g/mol. The first kappa shape index (κ1) is 14.2. The largest absolute Gasteiger partial charge is 0.354 e. The molecule has 4 aromatic rings. The van der Waals surface area contributed by atoms with Gasteiger partial charge in [0.15, 0.2) is 11.5 Å². The van der Waals surface area contributed by atoms with E-state index >= 15 is 0 Å². The lowest BCUT2D eigenvalue weighted by Crippen LogP contribution is -2.33. The molecule has 8 nitrogen and oxygen atoms in total. The molecule has 1 aliphatic rings. The number of hydrogen-bond donors (Lipinski definition) is 1. The van der Waals surface area contributed by atoms with Crippen molar-refractivity contribution in [3.8, 4) is 0 Å². The smallest absolute Gasteiger partial charge is 0.274 e. The Morgan fingerprint density at radius 2 is 2.00 bits per heavy atom. The fourth-order valence-corrected chi connectivity index (χ4v) is 3.28. The first-order valence-electron chi connectivity index (χ1n) is 11.4. The van der Waals surface area contributed by atoms with Crippen LogP contribution in [-0.2, 0) is 12.9 Å². The molecule has 4 aromatic heterocycles. The lowest BCUT2D eigenvalue weighted by molar-refractivity contribution is 0.686. The van der Waals surface area contributed by atoms with E-state index in [-0.39, 0.29) is 17.8 Å². The van der Waals surface area contributed by atoms with Gasteiger partial charge in [-0.25, -0.2) is 4.98 Å². The van der Waals surface area contributed by atoms with Crippen LogP contribution in [0.3, 0.4) is 0 Å². The highest BCUT2D eigenvalue weighted by molar-refractivity contribution is 5.63. The Morgan fingerprint density at radius 3 is 2.87 bits per heavy atom. The lowest BCUT2D eigenvalue weighted by Gasteiger charge is -2.30. The molecule has 0 radical (unpaired) electrons. The van der Waals surface area contributed by atoms with Gasteiger partial charge in [-0.05, 0) is 48.7 Å². The van der Waals surface area contributed by atoms with Crippen molar-refractivity contribution >= 4 is 22.8 Å². The van der Waals surface area contributed by atoms with Gasteiger partial charge in [0.05, 0.1) is 14.6 Å². The summed E-state index contributed by atoms with van der Waals surface area (Å²) in [5.41, 5.74) is 3.17. The minimum absolute atomic E-state index is 0.0200. The quantitative estimate of drug-likeness (QED) is 0.563. The molecule has 0 fully saturated rings. The van der Waals surface area contributed by atoms with E-state index in [1.54, 1.807) is 37.6 Å². The fraction of sp³-hybridized carbons (Fsp3) is 0.227. The van der Waals surface area contributed by atoms with Gasteiger partial charge < -0.3 is 10.2 Å². The molecule has 0 aliphatic carbocycles. The zero-order valence-electron chi connectivity index (χ0n) is 20.4. The Morgan fingerprint density at radius 1 is 1.10 bits per heavy atom. The average Bonchev–Trinajstić information content (AvgIpc) is 2.76. The average molecular weight is 403 g/mol. The molecule has 0 unspecified atom stereocenters. The Labute approximate surface area is 178 Å². The summed E-state index contributed by atoms with van der Waals surface area (Å²) in [4.78, 5) is 25.9. The van der Waals surface area contributed by atoms with E-state index < -0.39 is 18.6 Å². The minimum atomic E-state index is -2.31. The molecule has 150 valence electrons. The summed E-state index contributed by atoms with van der Waals surface area (Å²) in [6, 6.07) is 6.28. The number of aromatic nitrogens is 5. The molecule has 0 bridgehead atoms. The zero-order chi connectivity index (χ0) is 24.3. The van der Waals surface area contributed by atoms with Crippen LogP contribution in [-0.4, -0.2) is 31.1 Å². The summed E-state index contributed by atoms with van der Waals surface area (Å²) in [5, 5.41) is 7.54. The van der Waals surface area contributed by atoms with E-state index in [0.717, 1.165) is 20.7 Å². The molecule has 8 heteroatoms. The van der Waals surface area contributed by atoms with E-state index in [1.807, 2.05) is 13.0 Å². The van der Waals surface area contributed by atoms with E-state index in [4.69, 9.17) is 5.48 Å². The summed E-state index contributed by atoms with van der Waals surface area (Å²) < 4.78 is 36.3. The van der Waals surface area contributed by atoms with Crippen LogP contribution in [0.4, 0.5) is 17.2 Å². The summed E-state index contributed by atoms with van der Waals surface area (Å²) in [5.74, 6) is 0.0200. The van der Waals surface area contributed by atoms with Gasteiger partial charge in [0.2, 0.25) is 0 Å². The molecule has 5 heterocycles. The van der Waals surface area contributed by atoms with Gasteiger partial charge in [0, 0.05) is 58.2 Å². The second-order valence-corrected chi connectivity index (χ2v) is 7.02. The molecule has 0 atom stereocenters. The number of pyridine rings is 2. The summed E-state index contributed by atoms with van der Waals surface area (Å²) in [6.07, 6.45) is 6.15. The van der Waals surface area contributed by atoms with E-state index in [9.17, 15) is 4.79 Å². The van der Waals surface area contributed by atoms with Crippen molar-refractivity contribution in [3.05, 3.63) is 81.8 Å². The van der Waals surface area contributed by atoms with Gasteiger partial charge in [0.25, 0.3) is 5.56 Å². The second kappa shape index (κ2) is 7.22. The highest BCUT2D eigenvalue weighted by Crippen LogP contribution is 2.27. The van der Waals surface area contributed by atoms with Crippen LogP contribution in [0.15, 0.2) is 53.8 Å². The third-order valence-corrected chi connectivity index (χ3v) is 4.86. The maximum absolute atomic E-state index is 12.3. The van der Waals surface area contributed by atoms with Crippen LogP contribution in [0, 0.1) is 13.8 Å². The fourth-order valence-electron chi connectivity index (χ4n) is 3.28. The molecule has 0 amide bonds. The van der Waals surface area contributed by atoms with Gasteiger partial charge in [-0.3, -0.25) is 14.8 Å². The van der Waals surface area contributed by atoms with Crippen LogP contribution in [0.1, 0.15) is 27.9 Å². The van der Waals surface area contributed by atoms with Gasteiger partial charge >= 0.3 is 0 Å². The third-order valence-electron chi connectivity index (χ3n) is 4.86. The van der Waals surface area contributed by atoms with Crippen LogP contribution in [0.5, 0.6) is 0 Å². The zero-order valence-corrected chi connectivity index (χ0v) is 16.4. The first-order valence-corrected chi connectivity index (χ1v) is 9.41. The Balaban J connectivity index is 1.64. The van der Waals surface area contributed by atoms with Crippen molar-refractivity contribution in [1.29, 1.82) is 0 Å². The SMILES string of the molecule is [2H]C1([2H])Cc2ncc(Nc3ccncc3C)cc2C([2H])([2H])N1c1nn2c(=O)ccnc2cc1C. The van der Waals surface area contributed by atoms with Crippen LogP contribution in [0.25, 0.3) is 5.65 Å². The Kier molecular flexibility index (Phi) is 3.42. The minimum Gasteiger partial charge on any atom is -0.354 e. The summed E-state index contributed by atoms with van der Waals surface area (Å²) in [6.45, 7) is -0.878. The maximum atomic E-state index is 12.3. The van der Waals surface area contributed by atoms with Gasteiger partial charge in [-0.1, -0.05) is 0 Å².